The SMILES string of the molecule is CCCCC/C=C\C/C=C\CCCCCCCC(=O)N(CCC)C(=O)CCCCCCC/C=C\C/C=C\CCCCC. The van der Waals surface area contributed by atoms with Gasteiger partial charge in [-0.3, -0.25) is 14.5 Å². The second kappa shape index (κ2) is 33.6. The molecule has 0 heterocycles. The maximum absolute atomic E-state index is 12.7. The summed E-state index contributed by atoms with van der Waals surface area (Å²) < 4.78 is 0. The highest BCUT2D eigenvalue weighted by Gasteiger charge is 2.19. The van der Waals surface area contributed by atoms with Crippen LogP contribution in [0.15, 0.2) is 48.6 Å². The highest BCUT2D eigenvalue weighted by Crippen LogP contribution is 2.13. The van der Waals surface area contributed by atoms with Crippen molar-refractivity contribution in [1.82, 2.24) is 4.90 Å². The Morgan fingerprint density at radius 2 is 0.738 bits per heavy atom. The van der Waals surface area contributed by atoms with Gasteiger partial charge in [0.25, 0.3) is 0 Å². The Balaban J connectivity index is 3.81. The van der Waals surface area contributed by atoms with Crippen molar-refractivity contribution in [2.24, 2.45) is 0 Å². The molecular formula is C39H69NO2. The lowest BCUT2D eigenvalue weighted by Gasteiger charge is -2.20. The number of carbonyl (C=O) groups is 2. The Labute approximate surface area is 262 Å². The molecule has 0 bridgehead atoms. The third kappa shape index (κ3) is 28.2. The van der Waals surface area contributed by atoms with Crippen LogP contribution in [0.3, 0.4) is 0 Å². The van der Waals surface area contributed by atoms with Crippen LogP contribution in [0.1, 0.15) is 181 Å². The van der Waals surface area contributed by atoms with E-state index in [0.717, 1.165) is 57.8 Å². The highest BCUT2D eigenvalue weighted by molar-refractivity contribution is 5.95. The molecule has 242 valence electrons. The van der Waals surface area contributed by atoms with E-state index in [-0.39, 0.29) is 11.8 Å². The Hall–Kier alpha value is -1.90. The summed E-state index contributed by atoms with van der Waals surface area (Å²) in [6.07, 6.45) is 46.1. The molecule has 42 heavy (non-hydrogen) atoms. The summed E-state index contributed by atoms with van der Waals surface area (Å²) in [6.45, 7) is 7.11. The third-order valence-corrected chi connectivity index (χ3v) is 7.73. The summed E-state index contributed by atoms with van der Waals surface area (Å²) in [5.74, 6) is 0.0743. The first-order chi connectivity index (χ1) is 20.7. The van der Waals surface area contributed by atoms with E-state index in [1.54, 1.807) is 4.90 Å². The lowest BCUT2D eigenvalue weighted by atomic mass is 10.1. The molecule has 0 aliphatic rings. The number of amides is 2. The summed E-state index contributed by atoms with van der Waals surface area (Å²) >= 11 is 0. The van der Waals surface area contributed by atoms with Crippen molar-refractivity contribution in [2.75, 3.05) is 6.54 Å². The van der Waals surface area contributed by atoms with Gasteiger partial charge < -0.3 is 0 Å². The van der Waals surface area contributed by atoms with Crippen molar-refractivity contribution in [3.8, 4) is 0 Å². The predicted molar refractivity (Wildman–Crippen MR) is 186 cm³/mol. The molecule has 0 rings (SSSR count). The smallest absolute Gasteiger partial charge is 0.229 e. The fourth-order valence-electron chi connectivity index (χ4n) is 5.06. The normalized spacial score (nSPS) is 12.1. The minimum atomic E-state index is 0.0372. The minimum Gasteiger partial charge on any atom is -0.283 e. The Bertz CT molecular complexity index is 660. The number of hydrogen-bond donors (Lipinski definition) is 0. The highest BCUT2D eigenvalue weighted by atomic mass is 16.2. The van der Waals surface area contributed by atoms with Crippen LogP contribution >= 0.6 is 0 Å². The molecule has 0 fully saturated rings. The first-order valence-corrected chi connectivity index (χ1v) is 18.1. The summed E-state index contributed by atoms with van der Waals surface area (Å²) in [6, 6.07) is 0. The molecule has 0 radical (unpaired) electrons. The topological polar surface area (TPSA) is 37.4 Å². The number of hydrogen-bond acceptors (Lipinski definition) is 2. The van der Waals surface area contributed by atoms with Gasteiger partial charge in [-0.25, -0.2) is 0 Å². The van der Waals surface area contributed by atoms with Crippen molar-refractivity contribution < 1.29 is 9.59 Å². The van der Waals surface area contributed by atoms with Gasteiger partial charge in [-0.1, -0.05) is 134 Å². The van der Waals surface area contributed by atoms with Gasteiger partial charge in [0.05, 0.1) is 0 Å². The van der Waals surface area contributed by atoms with Crippen LogP contribution in [0.4, 0.5) is 0 Å². The van der Waals surface area contributed by atoms with Crippen molar-refractivity contribution in [1.29, 1.82) is 0 Å². The molecule has 0 aromatic rings. The molecule has 0 saturated carbocycles. The van der Waals surface area contributed by atoms with Crippen LogP contribution in [0.5, 0.6) is 0 Å². The molecule has 0 aromatic heterocycles. The number of imide groups is 1. The van der Waals surface area contributed by atoms with Gasteiger partial charge in [-0.05, 0) is 83.5 Å². The zero-order chi connectivity index (χ0) is 30.8. The van der Waals surface area contributed by atoms with Crippen molar-refractivity contribution in [2.45, 2.75) is 181 Å². The first-order valence-electron chi connectivity index (χ1n) is 18.1. The van der Waals surface area contributed by atoms with Gasteiger partial charge in [0, 0.05) is 19.4 Å². The molecule has 0 aromatic carbocycles. The molecule has 0 aliphatic carbocycles. The maximum atomic E-state index is 12.7. The summed E-state index contributed by atoms with van der Waals surface area (Å²) in [7, 11) is 0. The fourth-order valence-corrected chi connectivity index (χ4v) is 5.06. The molecule has 0 saturated heterocycles. The molecule has 0 atom stereocenters. The molecule has 2 amide bonds. The largest absolute Gasteiger partial charge is 0.283 e. The summed E-state index contributed by atoms with van der Waals surface area (Å²) in [5, 5.41) is 0. The van der Waals surface area contributed by atoms with Gasteiger partial charge in [-0.15, -0.1) is 0 Å². The van der Waals surface area contributed by atoms with E-state index in [2.05, 4.69) is 62.5 Å². The lowest BCUT2D eigenvalue weighted by Crippen LogP contribution is -2.37. The lowest BCUT2D eigenvalue weighted by molar-refractivity contribution is -0.145. The molecule has 0 N–H and O–H groups in total. The second-order valence-electron chi connectivity index (χ2n) is 11.9. The number of rotatable bonds is 30. The number of carbonyl (C=O) groups excluding carboxylic acids is 2. The molecule has 3 heteroatoms. The minimum absolute atomic E-state index is 0.0372. The van der Waals surface area contributed by atoms with Crippen LogP contribution in [0, 0.1) is 0 Å². The number of nitrogens with zero attached hydrogens (tertiary/aromatic N) is 1. The molecule has 3 nitrogen and oxygen atoms in total. The molecular weight excluding hydrogens is 514 g/mol. The molecule has 0 unspecified atom stereocenters. The van der Waals surface area contributed by atoms with Crippen LogP contribution < -0.4 is 0 Å². The van der Waals surface area contributed by atoms with Crippen molar-refractivity contribution in [3.05, 3.63) is 48.6 Å². The maximum Gasteiger partial charge on any atom is 0.229 e. The number of unbranched alkanes of at least 4 members (excludes halogenated alkanes) is 16. The quantitative estimate of drug-likeness (QED) is 0.0623. The van der Waals surface area contributed by atoms with E-state index >= 15 is 0 Å². The average molecular weight is 584 g/mol. The van der Waals surface area contributed by atoms with E-state index in [4.69, 9.17) is 0 Å². The van der Waals surface area contributed by atoms with Gasteiger partial charge in [0.1, 0.15) is 0 Å². The zero-order valence-corrected chi connectivity index (χ0v) is 28.3. The van der Waals surface area contributed by atoms with Gasteiger partial charge >= 0.3 is 0 Å². The van der Waals surface area contributed by atoms with Crippen molar-refractivity contribution in [3.63, 3.8) is 0 Å². The van der Waals surface area contributed by atoms with Gasteiger partial charge in [0.2, 0.25) is 11.8 Å². The van der Waals surface area contributed by atoms with E-state index in [0.29, 0.717) is 19.4 Å². The van der Waals surface area contributed by atoms with E-state index in [1.165, 1.54) is 89.9 Å². The Kier molecular flexibility index (Phi) is 32.1. The predicted octanol–water partition coefficient (Wildman–Crippen LogP) is 12.4. The average Bonchev–Trinajstić information content (AvgIpc) is 2.99. The van der Waals surface area contributed by atoms with Crippen LogP contribution in [0.2, 0.25) is 0 Å². The van der Waals surface area contributed by atoms with E-state index < -0.39 is 0 Å². The number of allylic oxidation sites excluding steroid dienone is 8. The second-order valence-corrected chi connectivity index (χ2v) is 11.9. The molecule has 0 aliphatic heterocycles. The fraction of sp³-hybridized carbons (Fsp3) is 0.744. The Morgan fingerprint density at radius 1 is 0.405 bits per heavy atom. The standard InChI is InChI=1S/C39H69NO2/c1-4-7-9-11-13-15-17-19-21-23-25-27-29-31-33-35-38(41)40(37-6-3)39(42)36-34-32-30-28-26-24-22-20-18-16-14-12-10-8-5-2/h13-16,19-22H,4-12,17-18,23-37H2,1-3H3/b15-13-,16-14-,21-19-,22-20-. The first kappa shape index (κ1) is 40.1. The van der Waals surface area contributed by atoms with Crippen LogP contribution in [0.25, 0.3) is 0 Å². The van der Waals surface area contributed by atoms with E-state index in [9.17, 15) is 9.59 Å². The Morgan fingerprint density at radius 3 is 1.10 bits per heavy atom. The monoisotopic (exact) mass is 584 g/mol. The third-order valence-electron chi connectivity index (χ3n) is 7.73. The van der Waals surface area contributed by atoms with Crippen LogP contribution in [-0.4, -0.2) is 23.3 Å². The summed E-state index contributed by atoms with van der Waals surface area (Å²) in [4.78, 5) is 27.0. The van der Waals surface area contributed by atoms with Crippen LogP contribution in [-0.2, 0) is 9.59 Å². The van der Waals surface area contributed by atoms with E-state index in [1.807, 2.05) is 6.92 Å². The summed E-state index contributed by atoms with van der Waals surface area (Å²) in [5.41, 5.74) is 0. The zero-order valence-electron chi connectivity index (χ0n) is 28.3. The molecule has 0 spiro atoms. The van der Waals surface area contributed by atoms with Gasteiger partial charge in [0.15, 0.2) is 0 Å². The van der Waals surface area contributed by atoms with Crippen molar-refractivity contribution >= 4 is 11.8 Å². The van der Waals surface area contributed by atoms with Gasteiger partial charge in [-0.2, -0.15) is 0 Å².